The molecule has 0 bridgehead atoms. The second-order valence-corrected chi connectivity index (χ2v) is 11.0. The van der Waals surface area contributed by atoms with Gasteiger partial charge >= 0.3 is 11.9 Å². The zero-order valence-electron chi connectivity index (χ0n) is 26.6. The number of carbonyl (C=O) groups is 3. The summed E-state index contributed by atoms with van der Waals surface area (Å²) in [7, 11) is 2.64. The molecule has 47 heavy (non-hydrogen) atoms. The van der Waals surface area contributed by atoms with Gasteiger partial charge in [-0.25, -0.2) is 9.59 Å². The number of nitrogens with two attached hydrogens (primary N) is 1. The molecule has 3 aromatic carbocycles. The molecule has 0 unspecified atom stereocenters. The topological polar surface area (TPSA) is 137 Å². The summed E-state index contributed by atoms with van der Waals surface area (Å²) in [6.07, 6.45) is 6.74. The highest BCUT2D eigenvalue weighted by Gasteiger charge is 2.20. The van der Waals surface area contributed by atoms with Crippen molar-refractivity contribution in [1.29, 1.82) is 0 Å². The van der Waals surface area contributed by atoms with Gasteiger partial charge in [0, 0.05) is 41.2 Å². The van der Waals surface area contributed by atoms with E-state index in [9.17, 15) is 14.4 Å². The number of nitrogen functional groups attached to an aromatic ring is 1. The zero-order valence-corrected chi connectivity index (χ0v) is 26.6. The van der Waals surface area contributed by atoms with E-state index in [4.69, 9.17) is 19.3 Å². The number of amides is 1. The first-order valence-electron chi connectivity index (χ1n) is 15.2. The average molecular weight is 636 g/mol. The standard InChI is InChI=1S/C25H26N2O4.C12H11NO3/c1-17-8-10-19(27-12-4-3-5-13-27)16-21(17)24(28)26-22-15-18(23-7-6-14-31-23)9-11-20(22)25(29)30-2;1-15-12(14)9-5-4-8(7-10(9)13)11-3-2-6-16-11/h6-11,14-16H,3-5,12-13H2,1-2H3,(H,26,28);2-7H,13H2,1H3. The van der Waals surface area contributed by atoms with Crippen molar-refractivity contribution >= 4 is 34.9 Å². The van der Waals surface area contributed by atoms with E-state index in [1.807, 2.05) is 31.2 Å². The number of benzene rings is 3. The number of carbonyl (C=O) groups excluding carboxylic acids is 3. The molecular formula is C37H37N3O7. The molecule has 1 amide bonds. The van der Waals surface area contributed by atoms with Gasteiger partial charge in [-0.05, 0) is 92.4 Å². The van der Waals surface area contributed by atoms with Gasteiger partial charge in [-0.15, -0.1) is 0 Å². The molecular weight excluding hydrogens is 598 g/mol. The molecule has 242 valence electrons. The minimum atomic E-state index is -0.514. The van der Waals surface area contributed by atoms with Crippen molar-refractivity contribution in [3.8, 4) is 22.6 Å². The van der Waals surface area contributed by atoms with E-state index in [1.54, 1.807) is 61.1 Å². The zero-order chi connectivity index (χ0) is 33.3. The second kappa shape index (κ2) is 15.0. The molecule has 1 aliphatic rings. The van der Waals surface area contributed by atoms with Gasteiger partial charge in [0.2, 0.25) is 0 Å². The first-order chi connectivity index (χ1) is 22.8. The second-order valence-electron chi connectivity index (χ2n) is 11.0. The highest BCUT2D eigenvalue weighted by atomic mass is 16.5. The molecule has 5 aromatic rings. The van der Waals surface area contributed by atoms with Crippen LogP contribution in [0.15, 0.2) is 100 Å². The van der Waals surface area contributed by atoms with Crippen molar-refractivity contribution in [2.75, 3.05) is 43.3 Å². The van der Waals surface area contributed by atoms with Crippen LogP contribution in [-0.4, -0.2) is 45.2 Å². The fraction of sp³-hybridized carbons (Fsp3) is 0.216. The predicted octanol–water partition coefficient (Wildman–Crippen LogP) is 7.60. The number of piperidine rings is 1. The quantitative estimate of drug-likeness (QED) is 0.137. The third-order valence-corrected chi connectivity index (χ3v) is 7.93. The average Bonchev–Trinajstić information content (AvgIpc) is 3.84. The number of ether oxygens (including phenoxy) is 2. The van der Waals surface area contributed by atoms with Crippen LogP contribution in [-0.2, 0) is 9.47 Å². The Balaban J connectivity index is 0.000000227. The number of hydrogen-bond acceptors (Lipinski definition) is 9. The Morgan fingerprint density at radius 3 is 1.89 bits per heavy atom. The fourth-order valence-corrected chi connectivity index (χ4v) is 5.38. The van der Waals surface area contributed by atoms with Gasteiger partial charge < -0.3 is 34.3 Å². The summed E-state index contributed by atoms with van der Waals surface area (Å²) in [6, 6.07) is 23.4. The van der Waals surface area contributed by atoms with Crippen molar-refractivity contribution in [1.82, 2.24) is 0 Å². The molecule has 6 rings (SSSR count). The number of nitrogens with zero attached hydrogens (tertiary/aromatic N) is 1. The molecule has 0 radical (unpaired) electrons. The lowest BCUT2D eigenvalue weighted by Crippen LogP contribution is -2.29. The van der Waals surface area contributed by atoms with E-state index in [0.29, 0.717) is 34.0 Å². The Labute approximate surface area is 273 Å². The van der Waals surface area contributed by atoms with Crippen molar-refractivity contribution < 1.29 is 32.7 Å². The third-order valence-electron chi connectivity index (χ3n) is 7.93. The molecule has 10 nitrogen and oxygen atoms in total. The number of furan rings is 2. The lowest BCUT2D eigenvalue weighted by molar-refractivity contribution is 0.0593. The highest BCUT2D eigenvalue weighted by molar-refractivity contribution is 6.09. The maximum Gasteiger partial charge on any atom is 0.339 e. The van der Waals surface area contributed by atoms with Crippen molar-refractivity contribution in [3.05, 3.63) is 114 Å². The maximum atomic E-state index is 13.2. The molecule has 0 saturated carbocycles. The van der Waals surface area contributed by atoms with E-state index in [1.165, 1.54) is 20.6 Å². The largest absolute Gasteiger partial charge is 0.465 e. The molecule has 3 heterocycles. The number of rotatable bonds is 7. The third kappa shape index (κ3) is 7.73. The Morgan fingerprint density at radius 1 is 0.723 bits per heavy atom. The molecule has 1 fully saturated rings. The predicted molar refractivity (Wildman–Crippen MR) is 181 cm³/mol. The highest BCUT2D eigenvalue weighted by Crippen LogP contribution is 2.29. The van der Waals surface area contributed by atoms with E-state index >= 15 is 0 Å². The Kier molecular flexibility index (Phi) is 10.4. The van der Waals surface area contributed by atoms with Crippen LogP contribution in [0.4, 0.5) is 17.1 Å². The lowest BCUT2D eigenvalue weighted by Gasteiger charge is -2.29. The van der Waals surface area contributed by atoms with Crippen molar-refractivity contribution in [3.63, 3.8) is 0 Å². The molecule has 0 spiro atoms. The fourth-order valence-electron chi connectivity index (χ4n) is 5.38. The first-order valence-corrected chi connectivity index (χ1v) is 15.2. The van der Waals surface area contributed by atoms with Crippen LogP contribution >= 0.6 is 0 Å². The Bertz CT molecular complexity index is 1840. The van der Waals surface area contributed by atoms with Gasteiger partial charge in [-0.1, -0.05) is 18.2 Å². The Morgan fingerprint density at radius 2 is 1.32 bits per heavy atom. The molecule has 0 atom stereocenters. The summed E-state index contributed by atoms with van der Waals surface area (Å²) < 4.78 is 20.2. The molecule has 10 heteroatoms. The summed E-state index contributed by atoms with van der Waals surface area (Å²) in [5.74, 6) is 0.139. The van der Waals surface area contributed by atoms with E-state index < -0.39 is 11.9 Å². The summed E-state index contributed by atoms with van der Waals surface area (Å²) >= 11 is 0. The maximum absolute atomic E-state index is 13.2. The number of aryl methyl sites for hydroxylation is 1. The summed E-state index contributed by atoms with van der Waals surface area (Å²) in [4.78, 5) is 39.1. The number of methoxy groups -OCH3 is 2. The SMILES string of the molecule is COC(=O)c1ccc(-c2ccco2)cc1N.COC(=O)c1ccc(-c2ccco2)cc1NC(=O)c1cc(N2CCCCC2)ccc1C. The van der Waals surface area contributed by atoms with Gasteiger partial charge in [0.25, 0.3) is 5.91 Å². The van der Waals surface area contributed by atoms with Gasteiger partial charge in [0.05, 0.1) is 43.6 Å². The smallest absolute Gasteiger partial charge is 0.339 e. The lowest BCUT2D eigenvalue weighted by atomic mass is 10.0. The summed E-state index contributed by atoms with van der Waals surface area (Å²) in [5, 5.41) is 2.92. The number of hydrogen-bond donors (Lipinski definition) is 2. The normalized spacial score (nSPS) is 12.4. The van der Waals surface area contributed by atoms with Crippen LogP contribution in [0.25, 0.3) is 22.6 Å². The number of esters is 2. The van der Waals surface area contributed by atoms with Crippen LogP contribution in [0.2, 0.25) is 0 Å². The first kappa shape index (κ1) is 32.6. The number of nitrogens with one attached hydrogen (secondary N) is 1. The van der Waals surface area contributed by atoms with Gasteiger partial charge in [-0.3, -0.25) is 4.79 Å². The van der Waals surface area contributed by atoms with Gasteiger partial charge in [-0.2, -0.15) is 0 Å². The van der Waals surface area contributed by atoms with Crippen LogP contribution in [0.3, 0.4) is 0 Å². The number of anilines is 3. The van der Waals surface area contributed by atoms with Gasteiger partial charge in [0.1, 0.15) is 11.5 Å². The van der Waals surface area contributed by atoms with Crippen molar-refractivity contribution in [2.24, 2.45) is 0 Å². The molecule has 1 aliphatic heterocycles. The Hall–Kier alpha value is -5.77. The summed E-state index contributed by atoms with van der Waals surface area (Å²) in [5.41, 5.74) is 11.3. The minimum absolute atomic E-state index is 0.266. The minimum Gasteiger partial charge on any atom is -0.465 e. The van der Waals surface area contributed by atoms with Crippen LogP contribution in [0, 0.1) is 6.92 Å². The van der Waals surface area contributed by atoms with Crippen molar-refractivity contribution in [2.45, 2.75) is 26.2 Å². The van der Waals surface area contributed by atoms with E-state index in [-0.39, 0.29) is 11.5 Å². The van der Waals surface area contributed by atoms with Crippen LogP contribution in [0.1, 0.15) is 55.9 Å². The molecule has 3 N–H and O–H groups in total. The van der Waals surface area contributed by atoms with Gasteiger partial charge in [0.15, 0.2) is 0 Å². The molecule has 1 saturated heterocycles. The summed E-state index contributed by atoms with van der Waals surface area (Å²) in [6.45, 7) is 3.92. The van der Waals surface area contributed by atoms with E-state index in [2.05, 4.69) is 21.0 Å². The van der Waals surface area contributed by atoms with Crippen LogP contribution < -0.4 is 16.0 Å². The molecule has 2 aromatic heterocycles. The monoisotopic (exact) mass is 635 g/mol. The van der Waals surface area contributed by atoms with E-state index in [0.717, 1.165) is 48.3 Å². The van der Waals surface area contributed by atoms with Crippen LogP contribution in [0.5, 0.6) is 0 Å². The molecule has 0 aliphatic carbocycles.